The van der Waals surface area contributed by atoms with Gasteiger partial charge in [-0.1, -0.05) is 6.58 Å². The van der Waals surface area contributed by atoms with E-state index >= 15 is 0 Å². The summed E-state index contributed by atoms with van der Waals surface area (Å²) < 4.78 is 5.47. The molecule has 13 heavy (non-hydrogen) atoms. The van der Waals surface area contributed by atoms with Crippen molar-refractivity contribution in [2.45, 2.75) is 32.1 Å². The van der Waals surface area contributed by atoms with Crippen molar-refractivity contribution in [2.75, 3.05) is 13.2 Å². The van der Waals surface area contributed by atoms with Crippen molar-refractivity contribution >= 4 is 0 Å². The molecule has 1 atom stereocenters. The van der Waals surface area contributed by atoms with E-state index in [-0.39, 0.29) is 0 Å². The Bertz CT molecular complexity index is 208. The van der Waals surface area contributed by atoms with Gasteiger partial charge in [-0.15, -0.1) is 0 Å². The Morgan fingerprint density at radius 1 is 1.54 bits per heavy atom. The third-order valence-electron chi connectivity index (χ3n) is 3.51. The van der Waals surface area contributed by atoms with Crippen molar-refractivity contribution in [3.63, 3.8) is 0 Å². The minimum atomic E-state index is 0.467. The summed E-state index contributed by atoms with van der Waals surface area (Å²) in [7, 11) is 0. The Balaban J connectivity index is 1.89. The van der Waals surface area contributed by atoms with Crippen LogP contribution in [0, 0.1) is 11.3 Å². The van der Waals surface area contributed by atoms with Crippen LogP contribution in [0.4, 0.5) is 0 Å². The number of hydrogen-bond acceptors (Lipinski definition) is 2. The SMILES string of the molecule is C=C1OCCC[C@@H]1CC1(CN)CC1. The molecule has 0 radical (unpaired) electrons. The zero-order valence-electron chi connectivity index (χ0n) is 8.22. The van der Waals surface area contributed by atoms with Gasteiger partial charge in [0.1, 0.15) is 0 Å². The molecular weight excluding hydrogens is 162 g/mol. The minimum Gasteiger partial charge on any atom is -0.498 e. The average molecular weight is 181 g/mol. The fourth-order valence-corrected chi connectivity index (χ4v) is 2.22. The van der Waals surface area contributed by atoms with E-state index in [9.17, 15) is 0 Å². The molecule has 74 valence electrons. The zero-order chi connectivity index (χ0) is 9.31. The lowest BCUT2D eigenvalue weighted by molar-refractivity contribution is 0.115. The predicted octanol–water partition coefficient (Wildman–Crippen LogP) is 2.06. The molecule has 0 unspecified atom stereocenters. The molecule has 0 aromatic carbocycles. The third kappa shape index (κ3) is 1.88. The maximum absolute atomic E-state index is 5.76. The Morgan fingerprint density at radius 2 is 2.31 bits per heavy atom. The summed E-state index contributed by atoms with van der Waals surface area (Å²) in [5.74, 6) is 1.59. The molecule has 0 aromatic heterocycles. The topological polar surface area (TPSA) is 35.2 Å². The van der Waals surface area contributed by atoms with Gasteiger partial charge in [-0.2, -0.15) is 0 Å². The summed E-state index contributed by atoms with van der Waals surface area (Å²) in [4.78, 5) is 0. The molecule has 2 N–H and O–H groups in total. The fraction of sp³-hybridized carbons (Fsp3) is 0.818. The van der Waals surface area contributed by atoms with E-state index in [1.165, 1.54) is 32.1 Å². The van der Waals surface area contributed by atoms with E-state index in [1.54, 1.807) is 0 Å². The summed E-state index contributed by atoms with van der Waals surface area (Å²) >= 11 is 0. The molecule has 1 aliphatic carbocycles. The maximum Gasteiger partial charge on any atom is 0.0919 e. The minimum absolute atomic E-state index is 0.467. The van der Waals surface area contributed by atoms with Crippen LogP contribution in [0.1, 0.15) is 32.1 Å². The quantitative estimate of drug-likeness (QED) is 0.723. The van der Waals surface area contributed by atoms with E-state index in [2.05, 4.69) is 6.58 Å². The molecule has 2 rings (SSSR count). The van der Waals surface area contributed by atoms with Gasteiger partial charge in [0.2, 0.25) is 0 Å². The highest BCUT2D eigenvalue weighted by Crippen LogP contribution is 2.51. The number of ether oxygens (including phenoxy) is 1. The van der Waals surface area contributed by atoms with Gasteiger partial charge in [-0.05, 0) is 44.1 Å². The molecule has 0 amide bonds. The first-order valence-electron chi connectivity index (χ1n) is 5.27. The first kappa shape index (κ1) is 9.07. The van der Waals surface area contributed by atoms with Crippen LogP contribution >= 0.6 is 0 Å². The lowest BCUT2D eigenvalue weighted by Crippen LogP contribution is -2.23. The van der Waals surface area contributed by atoms with Crippen LogP contribution < -0.4 is 5.73 Å². The van der Waals surface area contributed by atoms with Crippen LogP contribution in [-0.2, 0) is 4.74 Å². The van der Waals surface area contributed by atoms with Gasteiger partial charge in [0.15, 0.2) is 0 Å². The van der Waals surface area contributed by atoms with E-state index < -0.39 is 0 Å². The molecule has 2 nitrogen and oxygen atoms in total. The van der Waals surface area contributed by atoms with Crippen molar-refractivity contribution in [1.82, 2.24) is 0 Å². The molecule has 2 aliphatic rings. The monoisotopic (exact) mass is 181 g/mol. The second-order valence-electron chi connectivity index (χ2n) is 4.56. The smallest absolute Gasteiger partial charge is 0.0919 e. The molecule has 0 spiro atoms. The van der Waals surface area contributed by atoms with Crippen LogP contribution in [0.3, 0.4) is 0 Å². The van der Waals surface area contributed by atoms with Gasteiger partial charge in [0, 0.05) is 5.92 Å². The van der Waals surface area contributed by atoms with Crippen LogP contribution in [-0.4, -0.2) is 13.2 Å². The molecule has 2 fully saturated rings. The molecule has 1 saturated carbocycles. The Morgan fingerprint density at radius 3 is 2.85 bits per heavy atom. The second-order valence-corrected chi connectivity index (χ2v) is 4.56. The molecule has 1 saturated heterocycles. The van der Waals surface area contributed by atoms with Crippen molar-refractivity contribution in [2.24, 2.45) is 17.1 Å². The first-order valence-corrected chi connectivity index (χ1v) is 5.27. The summed E-state index contributed by atoms with van der Waals surface area (Å²) in [5, 5.41) is 0. The Labute approximate surface area is 80.1 Å². The summed E-state index contributed by atoms with van der Waals surface area (Å²) in [5.41, 5.74) is 6.23. The molecule has 2 heteroatoms. The highest BCUT2D eigenvalue weighted by Gasteiger charge is 2.43. The first-order chi connectivity index (χ1) is 6.26. The van der Waals surface area contributed by atoms with Gasteiger partial charge in [-0.25, -0.2) is 0 Å². The Hall–Kier alpha value is -0.500. The van der Waals surface area contributed by atoms with E-state index in [0.29, 0.717) is 11.3 Å². The van der Waals surface area contributed by atoms with Gasteiger partial charge >= 0.3 is 0 Å². The largest absolute Gasteiger partial charge is 0.498 e. The van der Waals surface area contributed by atoms with Gasteiger partial charge in [-0.3, -0.25) is 0 Å². The second kappa shape index (κ2) is 3.33. The number of rotatable bonds is 3. The predicted molar refractivity (Wildman–Crippen MR) is 53.2 cm³/mol. The lowest BCUT2D eigenvalue weighted by atomic mass is 9.87. The lowest BCUT2D eigenvalue weighted by Gasteiger charge is -2.28. The summed E-state index contributed by atoms with van der Waals surface area (Å²) in [6.45, 7) is 5.69. The molecule has 0 aromatic rings. The van der Waals surface area contributed by atoms with Gasteiger partial charge in [0.05, 0.1) is 12.4 Å². The summed E-state index contributed by atoms with van der Waals surface area (Å²) in [6.07, 6.45) is 6.27. The van der Waals surface area contributed by atoms with Gasteiger partial charge in [0.25, 0.3) is 0 Å². The number of hydrogen-bond donors (Lipinski definition) is 1. The van der Waals surface area contributed by atoms with Crippen LogP contribution in [0.15, 0.2) is 12.3 Å². The van der Waals surface area contributed by atoms with Gasteiger partial charge < -0.3 is 10.5 Å². The maximum atomic E-state index is 5.76. The number of nitrogens with two attached hydrogens (primary N) is 1. The fourth-order valence-electron chi connectivity index (χ4n) is 2.22. The molecule has 1 aliphatic heterocycles. The standard InChI is InChI=1S/C11H19NO/c1-9-10(3-2-6-13-9)7-11(8-12)4-5-11/h10H,1-8,12H2/t10-/m1/s1. The highest BCUT2D eigenvalue weighted by molar-refractivity contribution is 5.02. The molecule has 1 heterocycles. The normalized spacial score (nSPS) is 31.2. The molecule has 0 bridgehead atoms. The van der Waals surface area contributed by atoms with Crippen LogP contribution in [0.2, 0.25) is 0 Å². The zero-order valence-corrected chi connectivity index (χ0v) is 8.22. The van der Waals surface area contributed by atoms with E-state index in [0.717, 1.165) is 18.9 Å². The average Bonchev–Trinajstić information content (AvgIpc) is 2.90. The van der Waals surface area contributed by atoms with Crippen molar-refractivity contribution in [3.8, 4) is 0 Å². The number of allylic oxidation sites excluding steroid dienone is 1. The molecular formula is C11H19NO. The Kier molecular flexibility index (Phi) is 2.33. The van der Waals surface area contributed by atoms with Crippen molar-refractivity contribution in [3.05, 3.63) is 12.3 Å². The summed E-state index contributed by atoms with van der Waals surface area (Å²) in [6, 6.07) is 0. The van der Waals surface area contributed by atoms with Crippen LogP contribution in [0.5, 0.6) is 0 Å². The van der Waals surface area contributed by atoms with Crippen molar-refractivity contribution in [1.29, 1.82) is 0 Å². The van der Waals surface area contributed by atoms with E-state index in [4.69, 9.17) is 10.5 Å². The third-order valence-corrected chi connectivity index (χ3v) is 3.51. The van der Waals surface area contributed by atoms with E-state index in [1.807, 2.05) is 0 Å². The van der Waals surface area contributed by atoms with Crippen LogP contribution in [0.25, 0.3) is 0 Å². The highest BCUT2D eigenvalue weighted by atomic mass is 16.5. The van der Waals surface area contributed by atoms with Crippen molar-refractivity contribution < 1.29 is 4.74 Å².